The van der Waals surface area contributed by atoms with Gasteiger partial charge in [-0.2, -0.15) is 0 Å². The zero-order valence-electron chi connectivity index (χ0n) is 6.05. The first-order valence-electron chi connectivity index (χ1n) is 3.62. The van der Waals surface area contributed by atoms with E-state index in [1.165, 1.54) is 0 Å². The highest BCUT2D eigenvalue weighted by Gasteiger charge is 1.97. The predicted molar refractivity (Wildman–Crippen MR) is 41.5 cm³/mol. The number of nitrogens with two attached hydrogens (primary N) is 1. The van der Waals surface area contributed by atoms with E-state index in [0.29, 0.717) is 13.2 Å². The molecular weight excluding hydrogens is 126 g/mol. The van der Waals surface area contributed by atoms with Crippen molar-refractivity contribution in [2.75, 3.05) is 13.2 Å². The van der Waals surface area contributed by atoms with E-state index in [0.717, 1.165) is 18.6 Å². The largest absolute Gasteiger partial charge is 0.497 e. The summed E-state index contributed by atoms with van der Waals surface area (Å²) in [6, 6.07) is 0. The van der Waals surface area contributed by atoms with Crippen molar-refractivity contribution < 1.29 is 4.74 Å². The minimum absolute atomic E-state index is 0.598. The Balaban J connectivity index is 2.25. The second kappa shape index (κ2) is 4.12. The Morgan fingerprint density at radius 3 is 3.10 bits per heavy atom. The molecule has 0 saturated heterocycles. The average Bonchev–Trinajstić information content (AvgIpc) is 2.03. The summed E-state index contributed by atoms with van der Waals surface area (Å²) in [4.78, 5) is 0. The third-order valence-corrected chi connectivity index (χ3v) is 1.38. The van der Waals surface area contributed by atoms with E-state index in [1.54, 1.807) is 0 Å². The maximum Gasteiger partial charge on any atom is 0.0999 e. The quantitative estimate of drug-likeness (QED) is 0.637. The highest BCUT2D eigenvalue weighted by Crippen LogP contribution is 2.11. The van der Waals surface area contributed by atoms with E-state index < -0.39 is 0 Å². The number of hydrogen-bond acceptors (Lipinski definition) is 2. The molecule has 0 atom stereocenters. The molecule has 1 aliphatic rings. The average molecular weight is 139 g/mol. The van der Waals surface area contributed by atoms with Crippen LogP contribution in [0.25, 0.3) is 0 Å². The van der Waals surface area contributed by atoms with Crippen LogP contribution in [-0.2, 0) is 4.74 Å². The van der Waals surface area contributed by atoms with Crippen molar-refractivity contribution in [3.8, 4) is 0 Å². The highest BCUT2D eigenvalue weighted by molar-refractivity contribution is 5.12. The number of rotatable bonds is 3. The Bertz CT molecular complexity index is 149. The van der Waals surface area contributed by atoms with Gasteiger partial charge in [0.05, 0.1) is 12.4 Å². The van der Waals surface area contributed by atoms with Crippen LogP contribution >= 0.6 is 0 Å². The van der Waals surface area contributed by atoms with Crippen LogP contribution in [0.2, 0.25) is 0 Å². The summed E-state index contributed by atoms with van der Waals surface area (Å²) in [6.45, 7) is 1.24. The third-order valence-electron chi connectivity index (χ3n) is 1.38. The van der Waals surface area contributed by atoms with Crippen molar-refractivity contribution in [2.24, 2.45) is 5.73 Å². The molecule has 2 nitrogen and oxygen atoms in total. The summed E-state index contributed by atoms with van der Waals surface area (Å²) >= 11 is 0. The zero-order valence-corrected chi connectivity index (χ0v) is 6.05. The van der Waals surface area contributed by atoms with Crippen molar-refractivity contribution in [3.05, 3.63) is 24.0 Å². The lowest BCUT2D eigenvalue weighted by Crippen LogP contribution is -2.08. The molecule has 1 aliphatic carbocycles. The first kappa shape index (κ1) is 7.35. The van der Waals surface area contributed by atoms with E-state index in [-0.39, 0.29) is 0 Å². The Hall–Kier alpha value is -0.760. The van der Waals surface area contributed by atoms with E-state index in [4.69, 9.17) is 10.5 Å². The maximum atomic E-state index is 5.32. The lowest BCUT2D eigenvalue weighted by molar-refractivity contribution is 0.210. The molecular formula is C8H13NO. The zero-order chi connectivity index (χ0) is 7.23. The number of ether oxygens (including phenoxy) is 1. The Kier molecular flexibility index (Phi) is 3.03. The van der Waals surface area contributed by atoms with Gasteiger partial charge in [-0.1, -0.05) is 12.2 Å². The fourth-order valence-electron chi connectivity index (χ4n) is 0.891. The second-order valence-corrected chi connectivity index (χ2v) is 2.24. The molecule has 0 amide bonds. The summed E-state index contributed by atoms with van der Waals surface area (Å²) in [5.41, 5.74) is 5.28. The molecule has 2 N–H and O–H groups in total. The number of allylic oxidation sites excluding steroid dienone is 4. The summed E-state index contributed by atoms with van der Waals surface area (Å²) in [7, 11) is 0. The van der Waals surface area contributed by atoms with Crippen LogP contribution in [0.3, 0.4) is 0 Å². The third kappa shape index (κ3) is 2.23. The second-order valence-electron chi connectivity index (χ2n) is 2.24. The van der Waals surface area contributed by atoms with Gasteiger partial charge in [-0.3, -0.25) is 0 Å². The first-order valence-corrected chi connectivity index (χ1v) is 3.62. The molecule has 0 spiro atoms. The summed E-state index contributed by atoms with van der Waals surface area (Å²) < 4.78 is 5.32. The molecule has 0 fully saturated rings. The van der Waals surface area contributed by atoms with Gasteiger partial charge in [0.15, 0.2) is 0 Å². The molecule has 0 bridgehead atoms. The SMILES string of the molecule is NCCOC1=CC=CCC1. The van der Waals surface area contributed by atoms with E-state index in [2.05, 4.69) is 6.08 Å². The lowest BCUT2D eigenvalue weighted by atomic mass is 10.2. The first-order chi connectivity index (χ1) is 4.93. The highest BCUT2D eigenvalue weighted by atomic mass is 16.5. The molecule has 10 heavy (non-hydrogen) atoms. The van der Waals surface area contributed by atoms with Crippen LogP contribution in [0.15, 0.2) is 24.0 Å². The summed E-state index contributed by atoms with van der Waals surface area (Å²) in [6.07, 6.45) is 8.27. The van der Waals surface area contributed by atoms with Gasteiger partial charge in [-0.15, -0.1) is 0 Å². The van der Waals surface area contributed by atoms with E-state index >= 15 is 0 Å². The van der Waals surface area contributed by atoms with Crippen molar-refractivity contribution in [2.45, 2.75) is 12.8 Å². The normalized spacial score (nSPS) is 16.7. The molecule has 0 unspecified atom stereocenters. The van der Waals surface area contributed by atoms with Crippen LogP contribution in [0.1, 0.15) is 12.8 Å². The van der Waals surface area contributed by atoms with Crippen molar-refractivity contribution in [1.29, 1.82) is 0 Å². The van der Waals surface area contributed by atoms with E-state index in [9.17, 15) is 0 Å². The van der Waals surface area contributed by atoms with Gasteiger partial charge < -0.3 is 10.5 Å². The van der Waals surface area contributed by atoms with Crippen LogP contribution in [0, 0.1) is 0 Å². The number of hydrogen-bond donors (Lipinski definition) is 1. The molecule has 56 valence electrons. The van der Waals surface area contributed by atoms with Crippen LogP contribution in [0.5, 0.6) is 0 Å². The molecule has 0 aromatic rings. The topological polar surface area (TPSA) is 35.2 Å². The van der Waals surface area contributed by atoms with Crippen molar-refractivity contribution in [3.63, 3.8) is 0 Å². The van der Waals surface area contributed by atoms with Gasteiger partial charge in [0.1, 0.15) is 0 Å². The minimum atomic E-state index is 0.598. The Labute approximate surface area is 61.4 Å². The van der Waals surface area contributed by atoms with Crippen LogP contribution in [-0.4, -0.2) is 13.2 Å². The standard InChI is InChI=1S/C8H13NO/c9-6-7-10-8-4-2-1-3-5-8/h1-2,4H,3,5-7,9H2. The van der Waals surface area contributed by atoms with Gasteiger partial charge in [0.2, 0.25) is 0 Å². The molecule has 0 heterocycles. The Morgan fingerprint density at radius 1 is 1.60 bits per heavy atom. The molecule has 0 aromatic heterocycles. The monoisotopic (exact) mass is 139 g/mol. The maximum absolute atomic E-state index is 5.32. The van der Waals surface area contributed by atoms with Crippen LogP contribution in [0.4, 0.5) is 0 Å². The summed E-state index contributed by atoms with van der Waals surface area (Å²) in [5.74, 6) is 1.06. The molecule has 2 heteroatoms. The van der Waals surface area contributed by atoms with Crippen molar-refractivity contribution in [1.82, 2.24) is 0 Å². The minimum Gasteiger partial charge on any atom is -0.497 e. The van der Waals surface area contributed by atoms with Gasteiger partial charge in [0.25, 0.3) is 0 Å². The van der Waals surface area contributed by atoms with E-state index in [1.807, 2.05) is 12.2 Å². The fourth-order valence-corrected chi connectivity index (χ4v) is 0.891. The van der Waals surface area contributed by atoms with Gasteiger partial charge in [-0.05, 0) is 12.5 Å². The fraction of sp³-hybridized carbons (Fsp3) is 0.500. The van der Waals surface area contributed by atoms with Gasteiger partial charge >= 0.3 is 0 Å². The van der Waals surface area contributed by atoms with Gasteiger partial charge in [-0.25, -0.2) is 0 Å². The van der Waals surface area contributed by atoms with Crippen molar-refractivity contribution >= 4 is 0 Å². The predicted octanol–water partition coefficient (Wildman–Crippen LogP) is 1.20. The molecule has 0 saturated carbocycles. The lowest BCUT2D eigenvalue weighted by Gasteiger charge is -2.09. The van der Waals surface area contributed by atoms with Gasteiger partial charge in [0, 0.05) is 13.0 Å². The molecule has 0 radical (unpaired) electrons. The summed E-state index contributed by atoms with van der Waals surface area (Å²) in [5, 5.41) is 0. The molecule has 0 aliphatic heterocycles. The Morgan fingerprint density at radius 2 is 2.50 bits per heavy atom. The smallest absolute Gasteiger partial charge is 0.0999 e. The molecule has 1 rings (SSSR count). The van der Waals surface area contributed by atoms with Crippen LogP contribution < -0.4 is 5.73 Å². The molecule has 0 aromatic carbocycles.